The molecule has 1 aliphatic rings. The Hall–Kier alpha value is -3.09. The summed E-state index contributed by atoms with van der Waals surface area (Å²) in [5.41, 5.74) is 0.667. The van der Waals surface area contributed by atoms with Gasteiger partial charge in [-0.15, -0.1) is 0 Å². The zero-order chi connectivity index (χ0) is 21.3. The number of hydrogen-bond donors (Lipinski definition) is 2. The molecule has 0 spiro atoms. The maximum absolute atomic E-state index is 7.01. The molecule has 0 atom stereocenters. The van der Waals surface area contributed by atoms with Crippen LogP contribution < -0.4 is 10.1 Å². The predicted octanol–water partition coefficient (Wildman–Crippen LogP) is 4.96. The molecule has 0 amide bonds. The average Bonchev–Trinajstić information content (AvgIpc) is 3.59. The summed E-state index contributed by atoms with van der Waals surface area (Å²) >= 11 is 0. The molecule has 0 unspecified atom stereocenters. The number of hydrogen-bond acceptors (Lipinski definition) is 7. The van der Waals surface area contributed by atoms with Crippen LogP contribution in [0, 0.1) is 18.3 Å². The van der Waals surface area contributed by atoms with Crippen LogP contribution in [-0.2, 0) is 0 Å². The minimum absolute atomic E-state index is 0. The van der Waals surface area contributed by atoms with Crippen LogP contribution >= 0.6 is 0 Å². The van der Waals surface area contributed by atoms with Crippen molar-refractivity contribution < 1.29 is 6.16 Å². The van der Waals surface area contributed by atoms with Crippen LogP contribution in [0.25, 0.3) is 0 Å². The van der Waals surface area contributed by atoms with Gasteiger partial charge >= 0.3 is 0 Å². The Kier molecular flexibility index (Phi) is 12.3. The normalized spacial score (nSPS) is 12.9. The van der Waals surface area contributed by atoms with E-state index in [-0.39, 0.29) is 1.43 Å². The molecule has 29 heavy (non-hydrogen) atoms. The lowest BCUT2D eigenvalue weighted by molar-refractivity contribution is 0.287. The van der Waals surface area contributed by atoms with Crippen molar-refractivity contribution in [3.8, 4) is 5.88 Å². The maximum atomic E-state index is 7.01. The SMILES string of the molecule is CC.CC(C=N)=N/C=C/CNc1cc(OCC2CC2)nc(C)n1.[HH].c1ccncc1. The van der Waals surface area contributed by atoms with E-state index < -0.39 is 0 Å². The summed E-state index contributed by atoms with van der Waals surface area (Å²) in [7, 11) is 0. The van der Waals surface area contributed by atoms with E-state index in [1.165, 1.54) is 19.1 Å². The molecule has 1 aliphatic carbocycles. The van der Waals surface area contributed by atoms with E-state index in [1.807, 2.05) is 51.1 Å². The van der Waals surface area contributed by atoms with E-state index in [1.54, 1.807) is 25.5 Å². The molecule has 7 heteroatoms. The highest BCUT2D eigenvalue weighted by Gasteiger charge is 2.22. The van der Waals surface area contributed by atoms with Gasteiger partial charge in [0.2, 0.25) is 5.88 Å². The molecule has 2 heterocycles. The van der Waals surface area contributed by atoms with Crippen molar-refractivity contribution in [2.45, 2.75) is 40.5 Å². The van der Waals surface area contributed by atoms with Gasteiger partial charge in [0.15, 0.2) is 0 Å². The minimum atomic E-state index is 0. The number of aromatic nitrogens is 3. The van der Waals surface area contributed by atoms with Gasteiger partial charge in [-0.05, 0) is 50.8 Å². The molecule has 158 valence electrons. The second-order valence-corrected chi connectivity index (χ2v) is 6.10. The van der Waals surface area contributed by atoms with Crippen molar-refractivity contribution in [2.24, 2.45) is 10.9 Å². The fraction of sp³-hybridized carbons (Fsp3) is 0.409. The van der Waals surface area contributed by atoms with Crippen LogP contribution in [0.5, 0.6) is 5.88 Å². The number of pyridine rings is 1. The Labute approximate surface area is 175 Å². The Morgan fingerprint density at radius 3 is 2.55 bits per heavy atom. The first-order chi connectivity index (χ1) is 14.2. The third-order valence-electron chi connectivity index (χ3n) is 3.54. The van der Waals surface area contributed by atoms with Crippen molar-refractivity contribution in [3.63, 3.8) is 0 Å². The fourth-order valence-electron chi connectivity index (χ4n) is 1.93. The van der Waals surface area contributed by atoms with Crippen LogP contribution in [0.4, 0.5) is 5.82 Å². The van der Waals surface area contributed by atoms with E-state index >= 15 is 0 Å². The second-order valence-electron chi connectivity index (χ2n) is 6.10. The highest BCUT2D eigenvalue weighted by Crippen LogP contribution is 2.29. The molecule has 2 N–H and O–H groups in total. The molecular weight excluding hydrogens is 364 g/mol. The van der Waals surface area contributed by atoms with Crippen molar-refractivity contribution in [3.05, 3.63) is 54.8 Å². The number of aliphatic imine (C=N–C) groups is 1. The molecule has 2 aromatic rings. The topological polar surface area (TPSA) is 96.1 Å². The summed E-state index contributed by atoms with van der Waals surface area (Å²) in [5.74, 6) is 2.76. The standard InChI is InChI=1S/C15H21N5O.C5H5N.C2H6.H2/c1-11(9-16)17-6-3-7-18-14-8-15(20-12(2)19-14)21-10-13-4-5-13;1-2-4-6-5-3-1;1-2;/h3,6,8-9,13,16H,4-5,7,10H2,1-2H3,(H,18,19,20);1-5H;1-2H3;1H/b6-3+,16-9?,17-11?;;;. The summed E-state index contributed by atoms with van der Waals surface area (Å²) in [5, 5.41) is 10.2. The Morgan fingerprint density at radius 1 is 1.28 bits per heavy atom. The molecular formula is C22H34N6O. The van der Waals surface area contributed by atoms with Gasteiger partial charge in [-0.25, -0.2) is 4.98 Å². The molecule has 3 rings (SSSR count). The summed E-state index contributed by atoms with van der Waals surface area (Å²) in [6, 6.07) is 7.53. The number of rotatable bonds is 8. The highest BCUT2D eigenvalue weighted by molar-refractivity contribution is 6.28. The first-order valence-corrected chi connectivity index (χ1v) is 9.94. The summed E-state index contributed by atoms with van der Waals surface area (Å²) in [6.45, 7) is 8.98. The zero-order valence-corrected chi connectivity index (χ0v) is 17.8. The van der Waals surface area contributed by atoms with Gasteiger partial charge in [0.1, 0.15) is 11.6 Å². The first-order valence-electron chi connectivity index (χ1n) is 9.94. The molecule has 0 radical (unpaired) electrons. The molecule has 0 aromatic carbocycles. The van der Waals surface area contributed by atoms with Gasteiger partial charge < -0.3 is 15.5 Å². The lowest BCUT2D eigenvalue weighted by Crippen LogP contribution is -2.06. The third-order valence-corrected chi connectivity index (χ3v) is 3.54. The van der Waals surface area contributed by atoms with Crippen LogP contribution in [0.2, 0.25) is 0 Å². The number of nitrogens with one attached hydrogen (secondary N) is 2. The molecule has 0 bridgehead atoms. The number of nitrogens with zero attached hydrogens (tertiary/aromatic N) is 4. The van der Waals surface area contributed by atoms with Gasteiger partial charge in [0.05, 0.1) is 12.3 Å². The summed E-state index contributed by atoms with van der Waals surface area (Å²) < 4.78 is 5.67. The summed E-state index contributed by atoms with van der Waals surface area (Å²) in [4.78, 5) is 16.4. The largest absolute Gasteiger partial charge is 0.477 e. The van der Waals surface area contributed by atoms with Crippen LogP contribution in [0.1, 0.15) is 40.9 Å². The van der Waals surface area contributed by atoms with Crippen LogP contribution in [-0.4, -0.2) is 40.0 Å². The van der Waals surface area contributed by atoms with Gasteiger partial charge in [0.25, 0.3) is 0 Å². The number of anilines is 1. The van der Waals surface area contributed by atoms with Crippen LogP contribution in [0.15, 0.2) is 53.9 Å². The third kappa shape index (κ3) is 12.1. The molecule has 2 aromatic heterocycles. The van der Waals surface area contributed by atoms with E-state index in [9.17, 15) is 0 Å². The average molecular weight is 399 g/mol. The first kappa shape index (κ1) is 23.9. The van der Waals surface area contributed by atoms with Gasteiger partial charge in [-0.3, -0.25) is 9.98 Å². The monoisotopic (exact) mass is 398 g/mol. The highest BCUT2D eigenvalue weighted by atomic mass is 16.5. The molecule has 0 saturated heterocycles. The lowest BCUT2D eigenvalue weighted by atomic mass is 10.4. The van der Waals surface area contributed by atoms with Crippen molar-refractivity contribution in [1.82, 2.24) is 15.0 Å². The molecule has 7 nitrogen and oxygen atoms in total. The van der Waals surface area contributed by atoms with Gasteiger partial charge in [0, 0.05) is 38.8 Å². The van der Waals surface area contributed by atoms with Gasteiger partial charge in [-0.1, -0.05) is 19.9 Å². The lowest BCUT2D eigenvalue weighted by Gasteiger charge is -2.08. The van der Waals surface area contributed by atoms with Crippen molar-refractivity contribution in [1.29, 1.82) is 5.41 Å². The van der Waals surface area contributed by atoms with E-state index in [0.29, 0.717) is 29.9 Å². The minimum Gasteiger partial charge on any atom is -0.477 e. The summed E-state index contributed by atoms with van der Waals surface area (Å²) in [6.07, 6.45) is 10.8. The van der Waals surface area contributed by atoms with E-state index in [2.05, 4.69) is 25.3 Å². The smallest absolute Gasteiger partial charge is 0.218 e. The number of aryl methyl sites for hydroxylation is 1. The Bertz CT molecular complexity index is 737. The van der Waals surface area contributed by atoms with Gasteiger partial charge in [-0.2, -0.15) is 4.98 Å². The van der Waals surface area contributed by atoms with Crippen LogP contribution in [0.3, 0.4) is 0 Å². The van der Waals surface area contributed by atoms with E-state index in [4.69, 9.17) is 10.1 Å². The Morgan fingerprint density at radius 2 is 2.00 bits per heavy atom. The molecule has 1 saturated carbocycles. The zero-order valence-electron chi connectivity index (χ0n) is 17.8. The second kappa shape index (κ2) is 14.9. The van der Waals surface area contributed by atoms with Crippen molar-refractivity contribution >= 4 is 17.7 Å². The van der Waals surface area contributed by atoms with E-state index in [0.717, 1.165) is 12.4 Å². The predicted molar refractivity (Wildman–Crippen MR) is 122 cm³/mol. The fourth-order valence-corrected chi connectivity index (χ4v) is 1.93. The maximum Gasteiger partial charge on any atom is 0.218 e. The quantitative estimate of drug-likeness (QED) is 0.612. The Balaban J connectivity index is 0.000000792. The molecule has 0 aliphatic heterocycles. The van der Waals surface area contributed by atoms with Crippen molar-refractivity contribution in [2.75, 3.05) is 18.5 Å². The number of ether oxygens (including phenoxy) is 1. The molecule has 1 fully saturated rings.